The van der Waals surface area contributed by atoms with Gasteiger partial charge in [-0.05, 0) is 63.3 Å². The van der Waals surface area contributed by atoms with Gasteiger partial charge in [0.2, 0.25) is 0 Å². The lowest BCUT2D eigenvalue weighted by molar-refractivity contribution is 0.0449. The molecular weight excluding hydrogens is 476 g/mol. The molecule has 0 unspecified atom stereocenters. The van der Waals surface area contributed by atoms with Gasteiger partial charge in [-0.25, -0.2) is 9.59 Å². The highest BCUT2D eigenvalue weighted by atomic mass is 16.5. The summed E-state index contributed by atoms with van der Waals surface area (Å²) in [6, 6.07) is 6.57. The third-order valence-corrected chi connectivity index (χ3v) is 7.19. The Labute approximate surface area is 233 Å². The van der Waals surface area contributed by atoms with Gasteiger partial charge in [0.25, 0.3) is 0 Å². The lowest BCUT2D eigenvalue weighted by atomic mass is 10.1. The number of hydrogen-bond donors (Lipinski definition) is 0. The zero-order valence-corrected chi connectivity index (χ0v) is 25.0. The number of unbranched alkanes of at least 4 members (excludes halogenated alkanes) is 10. The molecule has 0 spiro atoms. The molecule has 218 valence electrons. The smallest absolute Gasteiger partial charge is 0.338 e. The lowest BCUT2D eigenvalue weighted by Gasteiger charge is -2.20. The van der Waals surface area contributed by atoms with Crippen LogP contribution in [0, 0.1) is 0 Å². The predicted octanol–water partition coefficient (Wildman–Crippen LogP) is 7.37. The molecule has 0 radical (unpaired) electrons. The molecule has 1 aromatic carbocycles. The summed E-state index contributed by atoms with van der Waals surface area (Å²) in [5.41, 5.74) is 0.910. The monoisotopic (exact) mass is 532 g/mol. The van der Waals surface area contributed by atoms with Gasteiger partial charge in [-0.2, -0.15) is 0 Å². The molecule has 0 aliphatic rings. The fourth-order valence-electron chi connectivity index (χ4n) is 4.53. The first-order valence-electron chi connectivity index (χ1n) is 15.4. The third-order valence-electron chi connectivity index (χ3n) is 7.19. The fraction of sp³-hybridized carbons (Fsp3) is 0.750. The molecule has 0 aliphatic carbocycles. The van der Waals surface area contributed by atoms with Gasteiger partial charge >= 0.3 is 11.9 Å². The Kier molecular flexibility index (Phi) is 20.7. The van der Waals surface area contributed by atoms with E-state index >= 15 is 0 Å². The molecule has 0 N–H and O–H groups in total. The minimum atomic E-state index is -0.353. The molecule has 0 amide bonds. The van der Waals surface area contributed by atoms with E-state index in [1.165, 1.54) is 77.0 Å². The van der Waals surface area contributed by atoms with E-state index in [2.05, 4.69) is 37.5 Å². The molecule has 6 nitrogen and oxygen atoms in total. The van der Waals surface area contributed by atoms with Crippen molar-refractivity contribution >= 4 is 11.9 Å². The number of carbonyl (C=O) groups excluding carboxylic acids is 2. The van der Waals surface area contributed by atoms with E-state index in [1.807, 2.05) is 0 Å². The van der Waals surface area contributed by atoms with Crippen molar-refractivity contribution in [3.05, 3.63) is 35.4 Å². The van der Waals surface area contributed by atoms with Gasteiger partial charge in [0.15, 0.2) is 0 Å². The second-order valence-electron chi connectivity index (χ2n) is 10.3. The third kappa shape index (κ3) is 16.1. The van der Waals surface area contributed by atoms with Crippen molar-refractivity contribution in [1.29, 1.82) is 0 Å². The molecule has 1 rings (SSSR count). The molecule has 0 saturated carbocycles. The van der Waals surface area contributed by atoms with E-state index in [-0.39, 0.29) is 11.9 Å². The van der Waals surface area contributed by atoms with E-state index in [4.69, 9.17) is 9.47 Å². The molecule has 0 aliphatic heterocycles. The predicted molar refractivity (Wildman–Crippen MR) is 158 cm³/mol. The molecule has 38 heavy (non-hydrogen) atoms. The summed E-state index contributed by atoms with van der Waals surface area (Å²) in [7, 11) is 0. The van der Waals surface area contributed by atoms with Crippen LogP contribution in [0.4, 0.5) is 0 Å². The highest BCUT2D eigenvalue weighted by molar-refractivity contribution is 5.93. The summed E-state index contributed by atoms with van der Waals surface area (Å²) >= 11 is 0. The van der Waals surface area contributed by atoms with Crippen molar-refractivity contribution in [2.45, 2.75) is 105 Å². The van der Waals surface area contributed by atoms with Crippen LogP contribution >= 0.6 is 0 Å². The summed E-state index contributed by atoms with van der Waals surface area (Å²) in [5.74, 6) is -0.706. The molecule has 0 bridgehead atoms. The number of carbonyl (C=O) groups is 2. The highest BCUT2D eigenvalue weighted by Gasteiger charge is 2.12. The van der Waals surface area contributed by atoms with Crippen LogP contribution in [-0.4, -0.2) is 74.2 Å². The summed E-state index contributed by atoms with van der Waals surface area (Å²) in [6.45, 7) is 15.0. The van der Waals surface area contributed by atoms with Crippen LogP contribution in [0.2, 0.25) is 0 Å². The second-order valence-corrected chi connectivity index (χ2v) is 10.3. The zero-order valence-electron chi connectivity index (χ0n) is 25.0. The van der Waals surface area contributed by atoms with Gasteiger partial charge in [0.05, 0.1) is 11.1 Å². The Morgan fingerprint density at radius 3 is 1.21 bits per heavy atom. The molecule has 1 aromatic rings. The maximum Gasteiger partial charge on any atom is 0.338 e. The number of benzene rings is 1. The quantitative estimate of drug-likeness (QED) is 0.102. The lowest BCUT2D eigenvalue weighted by Crippen LogP contribution is -2.29. The Bertz CT molecular complexity index is 662. The number of rotatable bonds is 24. The topological polar surface area (TPSA) is 59.1 Å². The van der Waals surface area contributed by atoms with E-state index in [1.54, 1.807) is 24.3 Å². The molecule has 0 atom stereocenters. The number of nitrogens with zero attached hydrogens (tertiary/aromatic N) is 2. The van der Waals surface area contributed by atoms with E-state index < -0.39 is 0 Å². The van der Waals surface area contributed by atoms with Crippen molar-refractivity contribution < 1.29 is 19.1 Å². The van der Waals surface area contributed by atoms with Crippen LogP contribution in [0.5, 0.6) is 0 Å². The standard InChI is InChI=1S/C32H56N2O4/c1-5-9-11-13-15-17-23-33(7-3)25-27-37-31(35)29-19-21-30(22-20-29)32(36)38-28-26-34(8-4)24-18-16-14-12-10-6-2/h19-22H,5-18,23-28H2,1-4H3. The Hall–Kier alpha value is -1.92. The normalized spacial score (nSPS) is 11.3. The first-order valence-corrected chi connectivity index (χ1v) is 15.4. The Balaban J connectivity index is 2.28. The number of ether oxygens (including phenoxy) is 2. The summed E-state index contributed by atoms with van der Waals surface area (Å²) in [4.78, 5) is 29.5. The minimum absolute atomic E-state index is 0.353. The van der Waals surface area contributed by atoms with Crippen LogP contribution < -0.4 is 0 Å². The number of hydrogen-bond acceptors (Lipinski definition) is 6. The summed E-state index contributed by atoms with van der Waals surface area (Å²) in [5, 5.41) is 0. The fourth-order valence-corrected chi connectivity index (χ4v) is 4.53. The maximum absolute atomic E-state index is 12.4. The maximum atomic E-state index is 12.4. The number of likely N-dealkylation sites (N-methyl/N-ethyl adjacent to an activating group) is 2. The average molecular weight is 533 g/mol. The summed E-state index contributed by atoms with van der Waals surface area (Å²) in [6.07, 6.45) is 15.4. The van der Waals surface area contributed by atoms with Gasteiger partial charge in [-0.15, -0.1) is 0 Å². The first kappa shape index (κ1) is 34.1. The van der Waals surface area contributed by atoms with Gasteiger partial charge in [-0.1, -0.05) is 91.9 Å². The van der Waals surface area contributed by atoms with Crippen molar-refractivity contribution in [2.24, 2.45) is 0 Å². The van der Waals surface area contributed by atoms with Crippen molar-refractivity contribution in [1.82, 2.24) is 9.80 Å². The molecule has 0 saturated heterocycles. The van der Waals surface area contributed by atoms with Crippen LogP contribution in [0.15, 0.2) is 24.3 Å². The van der Waals surface area contributed by atoms with Crippen molar-refractivity contribution in [2.75, 3.05) is 52.5 Å². The SMILES string of the molecule is CCCCCCCCN(CC)CCOC(=O)c1ccc(C(=O)OCCN(CC)CCCCCCCC)cc1. The molecule has 0 heterocycles. The number of esters is 2. The van der Waals surface area contributed by atoms with E-state index in [0.29, 0.717) is 24.3 Å². The van der Waals surface area contributed by atoms with E-state index in [9.17, 15) is 9.59 Å². The van der Waals surface area contributed by atoms with Crippen LogP contribution in [-0.2, 0) is 9.47 Å². The van der Waals surface area contributed by atoms with Gasteiger partial charge in [0.1, 0.15) is 13.2 Å². The largest absolute Gasteiger partial charge is 0.461 e. The Morgan fingerprint density at radius 1 is 0.526 bits per heavy atom. The zero-order chi connectivity index (χ0) is 27.8. The molecular formula is C32H56N2O4. The van der Waals surface area contributed by atoms with Crippen LogP contribution in [0.1, 0.15) is 125 Å². The van der Waals surface area contributed by atoms with E-state index in [0.717, 1.165) is 39.3 Å². The summed E-state index contributed by atoms with van der Waals surface area (Å²) < 4.78 is 11.0. The second kappa shape index (κ2) is 23.0. The van der Waals surface area contributed by atoms with Gasteiger partial charge in [-0.3, -0.25) is 0 Å². The van der Waals surface area contributed by atoms with Crippen LogP contribution in [0.25, 0.3) is 0 Å². The highest BCUT2D eigenvalue weighted by Crippen LogP contribution is 2.10. The minimum Gasteiger partial charge on any atom is -0.461 e. The molecule has 6 heteroatoms. The molecule has 0 aromatic heterocycles. The molecule has 0 fully saturated rings. The van der Waals surface area contributed by atoms with Gasteiger partial charge in [0, 0.05) is 13.1 Å². The first-order chi connectivity index (χ1) is 18.5. The Morgan fingerprint density at radius 2 is 0.868 bits per heavy atom. The average Bonchev–Trinajstić information content (AvgIpc) is 2.94. The van der Waals surface area contributed by atoms with Crippen molar-refractivity contribution in [3.8, 4) is 0 Å². The van der Waals surface area contributed by atoms with Crippen molar-refractivity contribution in [3.63, 3.8) is 0 Å². The van der Waals surface area contributed by atoms with Crippen LogP contribution in [0.3, 0.4) is 0 Å². The van der Waals surface area contributed by atoms with Gasteiger partial charge < -0.3 is 19.3 Å².